The Balaban J connectivity index is 3.96. The van der Waals surface area contributed by atoms with Crippen molar-refractivity contribution in [1.29, 1.82) is 0 Å². The maximum absolute atomic E-state index is 5.62. The third-order valence-corrected chi connectivity index (χ3v) is 1.23. The molecule has 1 N–H and O–H groups in total. The molecular formula is C6H11Cl2N3. The Morgan fingerprint density at radius 1 is 1.27 bits per heavy atom. The highest BCUT2D eigenvalue weighted by atomic mass is 35.5. The average molecular weight is 196 g/mol. The van der Waals surface area contributed by atoms with E-state index in [9.17, 15) is 0 Å². The lowest BCUT2D eigenvalue weighted by Crippen LogP contribution is -2.23. The van der Waals surface area contributed by atoms with Crippen molar-refractivity contribution < 1.29 is 0 Å². The molecule has 0 saturated heterocycles. The second kappa shape index (κ2) is 5.38. The zero-order valence-electron chi connectivity index (χ0n) is 6.73. The maximum Gasteiger partial charge on any atom is 0.197 e. The summed E-state index contributed by atoms with van der Waals surface area (Å²) >= 11 is 11.1. The van der Waals surface area contributed by atoms with Crippen LogP contribution in [0, 0.1) is 0 Å². The highest BCUT2D eigenvalue weighted by Gasteiger charge is 1.96. The van der Waals surface area contributed by atoms with Crippen LogP contribution < -0.4 is 5.32 Å². The van der Waals surface area contributed by atoms with E-state index in [-0.39, 0.29) is 16.6 Å². The topological polar surface area (TPSA) is 36.8 Å². The van der Waals surface area contributed by atoms with Gasteiger partial charge in [-0.1, -0.05) is 0 Å². The van der Waals surface area contributed by atoms with E-state index in [1.165, 1.54) is 0 Å². The molecule has 0 spiro atoms. The van der Waals surface area contributed by atoms with Gasteiger partial charge < -0.3 is 5.32 Å². The van der Waals surface area contributed by atoms with Gasteiger partial charge in [0.1, 0.15) is 0 Å². The highest BCUT2D eigenvalue weighted by molar-refractivity contribution is 6.72. The molecule has 11 heavy (non-hydrogen) atoms. The first kappa shape index (κ1) is 10.7. The SMILES string of the molecule is CN=C(Cl)NC(Cl)=NC(C)C. The quantitative estimate of drug-likeness (QED) is 0.387. The van der Waals surface area contributed by atoms with Crippen molar-refractivity contribution in [2.45, 2.75) is 19.9 Å². The molecule has 0 amide bonds. The molecule has 0 bridgehead atoms. The third kappa shape index (κ3) is 6.13. The fourth-order valence-electron chi connectivity index (χ4n) is 0.400. The molecule has 3 nitrogen and oxygen atoms in total. The number of nitrogens with zero attached hydrogens (tertiary/aromatic N) is 2. The molecule has 0 aromatic heterocycles. The molecule has 0 aromatic rings. The maximum atomic E-state index is 5.62. The van der Waals surface area contributed by atoms with Gasteiger partial charge in [0.05, 0.1) is 0 Å². The van der Waals surface area contributed by atoms with Crippen LogP contribution in [0.25, 0.3) is 0 Å². The summed E-state index contributed by atoms with van der Waals surface area (Å²) in [5, 5.41) is 3.09. The third-order valence-electron chi connectivity index (χ3n) is 0.774. The summed E-state index contributed by atoms with van der Waals surface area (Å²) in [6.07, 6.45) is 0. The Morgan fingerprint density at radius 2 is 1.82 bits per heavy atom. The number of nitrogens with one attached hydrogen (secondary N) is 1. The van der Waals surface area contributed by atoms with Crippen LogP contribution in [-0.2, 0) is 0 Å². The minimum atomic E-state index is 0.149. The molecule has 0 unspecified atom stereocenters. The van der Waals surface area contributed by atoms with Gasteiger partial charge in [-0.15, -0.1) is 0 Å². The molecule has 5 heteroatoms. The van der Waals surface area contributed by atoms with Gasteiger partial charge in [0.2, 0.25) is 0 Å². The Bertz CT molecular complexity index is 175. The molecule has 0 aliphatic carbocycles. The minimum Gasteiger partial charge on any atom is -0.306 e. The number of amidine groups is 2. The van der Waals surface area contributed by atoms with E-state index in [0.29, 0.717) is 0 Å². The first-order chi connectivity index (χ1) is 5.06. The summed E-state index contributed by atoms with van der Waals surface area (Å²) in [7, 11) is 1.56. The number of hydrogen-bond acceptors (Lipinski definition) is 2. The zero-order valence-corrected chi connectivity index (χ0v) is 8.24. The predicted octanol–water partition coefficient (Wildman–Crippen LogP) is 1.80. The van der Waals surface area contributed by atoms with Gasteiger partial charge in [0, 0.05) is 13.1 Å². The zero-order chi connectivity index (χ0) is 8.85. The van der Waals surface area contributed by atoms with Crippen LogP contribution in [0.2, 0.25) is 0 Å². The fourth-order valence-corrected chi connectivity index (χ4v) is 0.823. The molecule has 0 fully saturated rings. The fraction of sp³-hybridized carbons (Fsp3) is 0.667. The van der Waals surface area contributed by atoms with Gasteiger partial charge in [0.15, 0.2) is 10.6 Å². The molecule has 0 heterocycles. The number of rotatable bonds is 1. The molecule has 0 atom stereocenters. The number of hydrogen-bond donors (Lipinski definition) is 1. The van der Waals surface area contributed by atoms with Crippen LogP contribution in [0.5, 0.6) is 0 Å². The molecular weight excluding hydrogens is 185 g/mol. The van der Waals surface area contributed by atoms with Crippen molar-refractivity contribution in [1.82, 2.24) is 5.32 Å². The van der Waals surface area contributed by atoms with Crippen LogP contribution in [0.15, 0.2) is 9.98 Å². The molecule has 0 aliphatic heterocycles. The van der Waals surface area contributed by atoms with Crippen molar-refractivity contribution in [3.63, 3.8) is 0 Å². The second-order valence-corrected chi connectivity index (χ2v) is 2.87. The minimum absolute atomic E-state index is 0.149. The van der Waals surface area contributed by atoms with Crippen molar-refractivity contribution in [3.05, 3.63) is 0 Å². The monoisotopic (exact) mass is 195 g/mol. The van der Waals surface area contributed by atoms with Crippen LogP contribution in [0.3, 0.4) is 0 Å². The Hall–Kier alpha value is -0.280. The van der Waals surface area contributed by atoms with Gasteiger partial charge >= 0.3 is 0 Å². The van der Waals surface area contributed by atoms with Crippen LogP contribution >= 0.6 is 23.2 Å². The van der Waals surface area contributed by atoms with Gasteiger partial charge in [0.25, 0.3) is 0 Å². The molecule has 0 aromatic carbocycles. The average Bonchev–Trinajstić information content (AvgIpc) is 1.85. The Labute approximate surface area is 76.5 Å². The summed E-state index contributed by atoms with van der Waals surface area (Å²) in [5.41, 5.74) is 0. The second-order valence-electron chi connectivity index (χ2n) is 2.15. The largest absolute Gasteiger partial charge is 0.306 e. The van der Waals surface area contributed by atoms with Crippen LogP contribution in [-0.4, -0.2) is 23.7 Å². The standard InChI is InChI=1S/C6H11Cl2N3/c1-4(2)10-6(8)11-5(7)9-3/h4H,1-3H3,(H,9,10,11). The van der Waals surface area contributed by atoms with Crippen molar-refractivity contribution in [3.8, 4) is 0 Å². The van der Waals surface area contributed by atoms with Crippen molar-refractivity contribution in [2.24, 2.45) is 9.98 Å². The van der Waals surface area contributed by atoms with Gasteiger partial charge in [-0.05, 0) is 37.0 Å². The van der Waals surface area contributed by atoms with E-state index in [1.807, 2.05) is 13.8 Å². The smallest absolute Gasteiger partial charge is 0.197 e. The van der Waals surface area contributed by atoms with E-state index in [4.69, 9.17) is 23.2 Å². The van der Waals surface area contributed by atoms with Crippen LogP contribution in [0.1, 0.15) is 13.8 Å². The molecule has 0 radical (unpaired) electrons. The van der Waals surface area contributed by atoms with Crippen LogP contribution in [0.4, 0.5) is 0 Å². The summed E-state index contributed by atoms with van der Waals surface area (Å²) in [4.78, 5) is 7.61. The summed E-state index contributed by atoms with van der Waals surface area (Å²) in [6.45, 7) is 3.84. The summed E-state index contributed by atoms with van der Waals surface area (Å²) < 4.78 is 0. The summed E-state index contributed by atoms with van der Waals surface area (Å²) in [6, 6.07) is 0.149. The number of aliphatic imine (C=N–C) groups is 2. The van der Waals surface area contributed by atoms with E-state index >= 15 is 0 Å². The lowest BCUT2D eigenvalue weighted by atomic mass is 10.4. The Kier molecular flexibility index (Phi) is 5.24. The van der Waals surface area contributed by atoms with Crippen molar-refractivity contribution >= 4 is 33.8 Å². The Morgan fingerprint density at radius 3 is 2.18 bits per heavy atom. The number of halogens is 2. The first-order valence-electron chi connectivity index (χ1n) is 3.19. The summed E-state index contributed by atoms with van der Waals surface area (Å²) in [5.74, 6) is 0. The highest BCUT2D eigenvalue weighted by Crippen LogP contribution is 1.91. The van der Waals surface area contributed by atoms with Crippen molar-refractivity contribution in [2.75, 3.05) is 7.05 Å². The molecule has 0 rings (SSSR count). The molecule has 0 aliphatic rings. The van der Waals surface area contributed by atoms with E-state index in [1.54, 1.807) is 7.05 Å². The lowest BCUT2D eigenvalue weighted by molar-refractivity contribution is 0.835. The molecule has 64 valence electrons. The van der Waals surface area contributed by atoms with E-state index in [2.05, 4.69) is 15.3 Å². The van der Waals surface area contributed by atoms with E-state index in [0.717, 1.165) is 0 Å². The van der Waals surface area contributed by atoms with Gasteiger partial charge in [-0.2, -0.15) is 0 Å². The first-order valence-corrected chi connectivity index (χ1v) is 3.94. The van der Waals surface area contributed by atoms with Gasteiger partial charge in [-0.3, -0.25) is 9.98 Å². The lowest BCUT2D eigenvalue weighted by Gasteiger charge is -2.01. The molecule has 0 saturated carbocycles. The predicted molar refractivity (Wildman–Crippen MR) is 50.8 cm³/mol. The van der Waals surface area contributed by atoms with Gasteiger partial charge in [-0.25, -0.2) is 0 Å². The van der Waals surface area contributed by atoms with E-state index < -0.39 is 0 Å². The normalized spacial score (nSPS) is 14.0.